The van der Waals surface area contributed by atoms with Crippen LogP contribution in [0.5, 0.6) is 0 Å². The summed E-state index contributed by atoms with van der Waals surface area (Å²) in [5.74, 6) is -0.00995. The number of rotatable bonds is 4. The Morgan fingerprint density at radius 3 is 2.59 bits per heavy atom. The topological polar surface area (TPSA) is 36.4 Å². The molecule has 118 valence electrons. The average Bonchev–Trinajstić information content (AvgIpc) is 2.93. The van der Waals surface area contributed by atoms with E-state index >= 15 is 0 Å². The van der Waals surface area contributed by atoms with Crippen molar-refractivity contribution in [3.05, 3.63) is 51.7 Å². The van der Waals surface area contributed by atoms with Crippen molar-refractivity contribution in [3.63, 3.8) is 0 Å². The Labute approximate surface area is 134 Å². The monoisotopic (exact) mass is 320 g/mol. The molecule has 1 fully saturated rings. The zero-order chi connectivity index (χ0) is 15.5. The van der Waals surface area contributed by atoms with Gasteiger partial charge in [-0.25, -0.2) is 9.37 Å². The lowest BCUT2D eigenvalue weighted by Crippen LogP contribution is -2.35. The van der Waals surface area contributed by atoms with Gasteiger partial charge in [-0.1, -0.05) is 12.1 Å². The van der Waals surface area contributed by atoms with E-state index in [0.717, 1.165) is 48.7 Å². The minimum absolute atomic E-state index is 0.250. The molecule has 1 aromatic carbocycles. The van der Waals surface area contributed by atoms with Crippen LogP contribution in [0.2, 0.25) is 0 Å². The van der Waals surface area contributed by atoms with Crippen molar-refractivity contribution in [2.24, 2.45) is 5.92 Å². The molecule has 2 aromatic rings. The summed E-state index contributed by atoms with van der Waals surface area (Å²) in [7, 11) is 0. The fourth-order valence-electron chi connectivity index (χ4n) is 3.03. The second kappa shape index (κ2) is 6.86. The van der Waals surface area contributed by atoms with Gasteiger partial charge in [0, 0.05) is 11.1 Å². The van der Waals surface area contributed by atoms with Gasteiger partial charge in [-0.2, -0.15) is 0 Å². The first kappa shape index (κ1) is 15.6. The molecule has 1 atom stereocenters. The Morgan fingerprint density at radius 1 is 1.32 bits per heavy atom. The van der Waals surface area contributed by atoms with Crippen LogP contribution in [-0.4, -0.2) is 28.1 Å². The quantitative estimate of drug-likeness (QED) is 0.936. The zero-order valence-electron chi connectivity index (χ0n) is 12.7. The van der Waals surface area contributed by atoms with Gasteiger partial charge in [0.15, 0.2) is 0 Å². The second-order valence-corrected chi connectivity index (χ2v) is 6.94. The van der Waals surface area contributed by atoms with E-state index < -0.39 is 6.10 Å². The smallest absolute Gasteiger partial charge is 0.123 e. The molecular weight excluding hydrogens is 299 g/mol. The second-order valence-electron chi connectivity index (χ2n) is 5.99. The number of halogens is 1. The average molecular weight is 320 g/mol. The van der Waals surface area contributed by atoms with Gasteiger partial charge < -0.3 is 5.11 Å². The van der Waals surface area contributed by atoms with Crippen LogP contribution in [0.25, 0.3) is 0 Å². The summed E-state index contributed by atoms with van der Waals surface area (Å²) >= 11 is 1.71. The highest BCUT2D eigenvalue weighted by atomic mass is 32.1. The molecule has 1 aliphatic heterocycles. The minimum Gasteiger partial charge on any atom is -0.388 e. The molecule has 0 spiro atoms. The summed E-state index contributed by atoms with van der Waals surface area (Å²) in [5, 5.41) is 13.7. The highest BCUT2D eigenvalue weighted by molar-refractivity contribution is 7.09. The van der Waals surface area contributed by atoms with Crippen LogP contribution in [-0.2, 0) is 6.54 Å². The third-order valence-corrected chi connectivity index (χ3v) is 5.27. The third-order valence-electron chi connectivity index (χ3n) is 4.32. The normalized spacial score (nSPS) is 18.5. The maximum absolute atomic E-state index is 13.0. The van der Waals surface area contributed by atoms with E-state index in [-0.39, 0.29) is 11.7 Å². The molecule has 2 heterocycles. The van der Waals surface area contributed by atoms with Crippen molar-refractivity contribution in [1.82, 2.24) is 9.88 Å². The molecule has 3 nitrogen and oxygen atoms in total. The largest absolute Gasteiger partial charge is 0.388 e. The van der Waals surface area contributed by atoms with E-state index in [0.29, 0.717) is 0 Å². The van der Waals surface area contributed by atoms with Crippen LogP contribution >= 0.6 is 11.3 Å². The molecule has 1 saturated heterocycles. The number of hydrogen-bond acceptors (Lipinski definition) is 4. The van der Waals surface area contributed by atoms with Gasteiger partial charge in [0.25, 0.3) is 0 Å². The molecule has 0 aliphatic carbocycles. The molecule has 0 bridgehead atoms. The fraction of sp³-hybridized carbons (Fsp3) is 0.471. The molecule has 0 amide bonds. The number of aliphatic hydroxyl groups is 1. The predicted molar refractivity (Wildman–Crippen MR) is 86.2 cm³/mol. The first-order chi connectivity index (χ1) is 10.6. The van der Waals surface area contributed by atoms with Crippen molar-refractivity contribution in [2.45, 2.75) is 32.4 Å². The molecule has 22 heavy (non-hydrogen) atoms. The van der Waals surface area contributed by atoms with Crippen LogP contribution in [0.15, 0.2) is 29.6 Å². The van der Waals surface area contributed by atoms with Crippen molar-refractivity contribution in [1.29, 1.82) is 0 Å². The van der Waals surface area contributed by atoms with E-state index in [1.807, 2.05) is 6.92 Å². The first-order valence-electron chi connectivity index (χ1n) is 7.69. The van der Waals surface area contributed by atoms with Crippen molar-refractivity contribution < 1.29 is 9.50 Å². The molecule has 1 aromatic heterocycles. The lowest BCUT2D eigenvalue weighted by Gasteiger charge is -2.33. The number of aliphatic hydroxyl groups excluding tert-OH is 1. The molecule has 1 unspecified atom stereocenters. The van der Waals surface area contributed by atoms with E-state index in [1.165, 1.54) is 12.1 Å². The maximum atomic E-state index is 13.0. The van der Waals surface area contributed by atoms with Gasteiger partial charge in [-0.05, 0) is 56.5 Å². The van der Waals surface area contributed by atoms with Gasteiger partial charge in [0.05, 0.1) is 12.6 Å². The number of piperidine rings is 1. The van der Waals surface area contributed by atoms with Crippen LogP contribution < -0.4 is 0 Å². The van der Waals surface area contributed by atoms with Crippen LogP contribution in [0, 0.1) is 18.7 Å². The number of benzene rings is 1. The van der Waals surface area contributed by atoms with E-state index in [2.05, 4.69) is 15.3 Å². The Balaban J connectivity index is 1.53. The van der Waals surface area contributed by atoms with Crippen molar-refractivity contribution in [2.75, 3.05) is 13.1 Å². The summed E-state index contributed by atoms with van der Waals surface area (Å²) in [6.07, 6.45) is 1.43. The van der Waals surface area contributed by atoms with Gasteiger partial charge >= 0.3 is 0 Å². The maximum Gasteiger partial charge on any atom is 0.123 e. The van der Waals surface area contributed by atoms with Crippen LogP contribution in [0.4, 0.5) is 4.39 Å². The third kappa shape index (κ3) is 3.72. The van der Waals surface area contributed by atoms with Crippen molar-refractivity contribution >= 4 is 11.3 Å². The Kier molecular flexibility index (Phi) is 4.86. The summed E-state index contributed by atoms with van der Waals surface area (Å²) in [6.45, 7) is 4.87. The molecule has 3 rings (SSSR count). The SMILES string of the molecule is Cc1csc(CN2CCC(C(O)c3ccc(F)cc3)CC2)n1. The van der Waals surface area contributed by atoms with Crippen LogP contribution in [0.1, 0.15) is 35.2 Å². The van der Waals surface area contributed by atoms with E-state index in [1.54, 1.807) is 23.5 Å². The highest BCUT2D eigenvalue weighted by Crippen LogP contribution is 2.31. The minimum atomic E-state index is -0.496. The zero-order valence-corrected chi connectivity index (χ0v) is 13.5. The van der Waals surface area contributed by atoms with E-state index in [4.69, 9.17) is 0 Å². The molecule has 0 saturated carbocycles. The lowest BCUT2D eigenvalue weighted by molar-refractivity contribution is 0.0567. The number of likely N-dealkylation sites (tertiary alicyclic amines) is 1. The number of aromatic nitrogens is 1. The van der Waals surface area contributed by atoms with Crippen molar-refractivity contribution in [3.8, 4) is 0 Å². The van der Waals surface area contributed by atoms with Gasteiger partial charge in [-0.15, -0.1) is 11.3 Å². The summed E-state index contributed by atoms with van der Waals surface area (Å²) in [5.41, 5.74) is 1.90. The van der Waals surface area contributed by atoms with E-state index in [9.17, 15) is 9.50 Å². The standard InChI is InChI=1S/C17H21FN2OS/c1-12-11-22-16(19-12)10-20-8-6-14(7-9-20)17(21)13-2-4-15(18)5-3-13/h2-5,11,14,17,21H,6-10H2,1H3. The summed E-state index contributed by atoms with van der Waals surface area (Å²) in [6, 6.07) is 6.20. The number of thiazole rings is 1. The Morgan fingerprint density at radius 2 is 2.00 bits per heavy atom. The van der Waals surface area contributed by atoms with Crippen LogP contribution in [0.3, 0.4) is 0 Å². The highest BCUT2D eigenvalue weighted by Gasteiger charge is 2.26. The Hall–Kier alpha value is -1.30. The lowest BCUT2D eigenvalue weighted by atomic mass is 9.87. The molecular formula is C17H21FN2OS. The number of hydrogen-bond donors (Lipinski definition) is 1. The fourth-order valence-corrected chi connectivity index (χ4v) is 3.84. The predicted octanol–water partition coefficient (Wildman–Crippen LogP) is 3.54. The first-order valence-corrected chi connectivity index (χ1v) is 8.56. The van der Waals surface area contributed by atoms with Gasteiger partial charge in [0.2, 0.25) is 0 Å². The molecule has 0 radical (unpaired) electrons. The summed E-state index contributed by atoms with van der Waals surface area (Å²) in [4.78, 5) is 6.90. The molecule has 1 aliphatic rings. The Bertz CT molecular complexity index is 605. The molecule has 5 heteroatoms. The van der Waals surface area contributed by atoms with Gasteiger partial charge in [-0.3, -0.25) is 4.90 Å². The van der Waals surface area contributed by atoms with Gasteiger partial charge in [0.1, 0.15) is 10.8 Å². The molecule has 1 N–H and O–H groups in total. The number of aryl methyl sites for hydroxylation is 1. The summed E-state index contributed by atoms with van der Waals surface area (Å²) < 4.78 is 13.0. The number of nitrogens with zero attached hydrogens (tertiary/aromatic N) is 2.